The summed E-state index contributed by atoms with van der Waals surface area (Å²) in [4.78, 5) is 15.4. The fourth-order valence-corrected chi connectivity index (χ4v) is 1.38. The van der Waals surface area contributed by atoms with Crippen LogP contribution in [0, 0.1) is 5.82 Å². The Labute approximate surface area is 101 Å². The fraction of sp³-hybridized carbons (Fsp3) is 0.182. The second-order valence-electron chi connectivity index (χ2n) is 3.51. The van der Waals surface area contributed by atoms with Crippen LogP contribution in [0.2, 0.25) is 0 Å². The van der Waals surface area contributed by atoms with E-state index in [2.05, 4.69) is 20.0 Å². The maximum Gasteiger partial charge on any atom is 0.255 e. The Hall–Kier alpha value is -2.44. The number of phenolic OH excluding ortho intramolecular Hbond substituents is 1. The van der Waals surface area contributed by atoms with Gasteiger partial charge in [0.25, 0.3) is 5.91 Å². The number of hydrogen-bond donors (Lipinski definition) is 2. The van der Waals surface area contributed by atoms with Crippen molar-refractivity contribution in [3.8, 4) is 5.75 Å². The summed E-state index contributed by atoms with van der Waals surface area (Å²) in [6.07, 6.45) is 1.58. The quantitative estimate of drug-likeness (QED) is 0.842. The molecule has 0 atom stereocenters. The maximum absolute atomic E-state index is 12.9. The van der Waals surface area contributed by atoms with Gasteiger partial charge in [0.1, 0.15) is 11.6 Å². The topological polar surface area (TPSA) is 88.3 Å². The second kappa shape index (κ2) is 5.26. The summed E-state index contributed by atoms with van der Waals surface area (Å²) in [5.41, 5.74) is -0.108. The lowest BCUT2D eigenvalue weighted by atomic mass is 10.2. The van der Waals surface area contributed by atoms with E-state index in [1.165, 1.54) is 6.39 Å². The highest BCUT2D eigenvalue weighted by Crippen LogP contribution is 2.17. The fourth-order valence-electron chi connectivity index (χ4n) is 1.38. The summed E-state index contributed by atoms with van der Waals surface area (Å²) in [5.74, 6) is -0.959. The first-order valence-corrected chi connectivity index (χ1v) is 5.19. The number of carbonyl (C=O) groups excluding carboxylic acids is 1. The maximum atomic E-state index is 12.9. The third-order valence-corrected chi connectivity index (χ3v) is 2.24. The summed E-state index contributed by atoms with van der Waals surface area (Å²) in [7, 11) is 0. The van der Waals surface area contributed by atoms with E-state index in [-0.39, 0.29) is 17.9 Å². The van der Waals surface area contributed by atoms with Gasteiger partial charge in [0.2, 0.25) is 6.39 Å². The van der Waals surface area contributed by atoms with Gasteiger partial charge in [-0.2, -0.15) is 4.98 Å². The van der Waals surface area contributed by atoms with Crippen molar-refractivity contribution in [2.24, 2.45) is 0 Å². The highest BCUT2D eigenvalue weighted by atomic mass is 19.1. The van der Waals surface area contributed by atoms with Crippen LogP contribution >= 0.6 is 0 Å². The molecule has 0 saturated heterocycles. The number of amides is 1. The highest BCUT2D eigenvalue weighted by Gasteiger charge is 2.11. The summed E-state index contributed by atoms with van der Waals surface area (Å²) >= 11 is 0. The number of aromatic hydroxyl groups is 1. The zero-order valence-corrected chi connectivity index (χ0v) is 9.26. The first kappa shape index (κ1) is 12.0. The summed E-state index contributed by atoms with van der Waals surface area (Å²) in [5, 5.41) is 15.5. The molecule has 0 aliphatic rings. The molecule has 0 fully saturated rings. The van der Waals surface area contributed by atoms with E-state index in [1.807, 2.05) is 0 Å². The highest BCUT2D eigenvalue weighted by molar-refractivity contribution is 5.96. The van der Waals surface area contributed by atoms with E-state index in [9.17, 15) is 14.3 Å². The van der Waals surface area contributed by atoms with Crippen LogP contribution in [0.5, 0.6) is 5.75 Å². The number of benzene rings is 1. The molecular weight excluding hydrogens is 241 g/mol. The van der Waals surface area contributed by atoms with E-state index in [0.29, 0.717) is 12.2 Å². The third kappa shape index (κ3) is 2.82. The third-order valence-electron chi connectivity index (χ3n) is 2.24. The minimum absolute atomic E-state index is 0.108. The Balaban J connectivity index is 1.93. The largest absolute Gasteiger partial charge is 0.507 e. The Kier molecular flexibility index (Phi) is 3.52. The van der Waals surface area contributed by atoms with Gasteiger partial charge in [-0.15, -0.1) is 0 Å². The molecule has 0 unspecified atom stereocenters. The molecule has 0 saturated carbocycles. The van der Waals surface area contributed by atoms with Crippen molar-refractivity contribution >= 4 is 5.91 Å². The number of nitrogens with one attached hydrogen (secondary N) is 1. The molecular formula is C11H10FN3O3. The summed E-state index contributed by atoms with van der Waals surface area (Å²) in [6, 6.07) is 3.17. The molecule has 6 nitrogen and oxygen atoms in total. The lowest BCUT2D eigenvalue weighted by Gasteiger charge is -2.05. The van der Waals surface area contributed by atoms with Gasteiger partial charge in [0.05, 0.1) is 5.56 Å². The van der Waals surface area contributed by atoms with Crippen LogP contribution in [0.15, 0.2) is 29.1 Å². The van der Waals surface area contributed by atoms with Crippen molar-refractivity contribution in [1.29, 1.82) is 0 Å². The lowest BCUT2D eigenvalue weighted by Crippen LogP contribution is -2.26. The van der Waals surface area contributed by atoms with Crippen LogP contribution in [0.25, 0.3) is 0 Å². The van der Waals surface area contributed by atoms with E-state index < -0.39 is 11.7 Å². The summed E-state index contributed by atoms with van der Waals surface area (Å²) < 4.78 is 17.5. The van der Waals surface area contributed by atoms with Gasteiger partial charge in [-0.3, -0.25) is 4.79 Å². The summed E-state index contributed by atoms with van der Waals surface area (Å²) in [6.45, 7) is 0.258. The predicted octanol–water partition coefficient (Wildman–Crippen LogP) is 0.887. The SMILES string of the molecule is O=C(NCCc1ncon1)c1cc(F)ccc1O. The molecule has 0 bridgehead atoms. The number of rotatable bonds is 4. The number of carbonyl (C=O) groups is 1. The van der Waals surface area contributed by atoms with Gasteiger partial charge in [0, 0.05) is 13.0 Å². The number of phenols is 1. The molecule has 18 heavy (non-hydrogen) atoms. The van der Waals surface area contributed by atoms with Crippen molar-refractivity contribution in [2.75, 3.05) is 6.54 Å². The number of halogens is 1. The van der Waals surface area contributed by atoms with Crippen LogP contribution in [0.4, 0.5) is 4.39 Å². The van der Waals surface area contributed by atoms with Crippen LogP contribution in [-0.2, 0) is 6.42 Å². The Morgan fingerprint density at radius 1 is 1.50 bits per heavy atom. The molecule has 7 heteroatoms. The van der Waals surface area contributed by atoms with Gasteiger partial charge in [-0.1, -0.05) is 5.16 Å². The lowest BCUT2D eigenvalue weighted by molar-refractivity contribution is 0.0950. The standard InChI is InChI=1S/C11H10FN3O3/c12-7-1-2-9(16)8(5-7)11(17)13-4-3-10-14-6-18-15-10/h1-2,5-6,16H,3-4H2,(H,13,17). The van der Waals surface area contributed by atoms with Crippen molar-refractivity contribution in [2.45, 2.75) is 6.42 Å². The number of hydrogen-bond acceptors (Lipinski definition) is 5. The average Bonchev–Trinajstić information content (AvgIpc) is 2.85. The van der Waals surface area contributed by atoms with E-state index >= 15 is 0 Å². The molecule has 1 aromatic carbocycles. The minimum Gasteiger partial charge on any atom is -0.507 e. The van der Waals surface area contributed by atoms with Crippen LogP contribution < -0.4 is 5.32 Å². The van der Waals surface area contributed by atoms with Crippen molar-refractivity contribution < 1.29 is 18.8 Å². The molecule has 1 aromatic heterocycles. The van der Waals surface area contributed by atoms with Crippen molar-refractivity contribution in [3.63, 3.8) is 0 Å². The van der Waals surface area contributed by atoms with E-state index in [4.69, 9.17) is 0 Å². The van der Waals surface area contributed by atoms with E-state index in [0.717, 1.165) is 18.2 Å². The van der Waals surface area contributed by atoms with Crippen LogP contribution in [0.3, 0.4) is 0 Å². The minimum atomic E-state index is -0.587. The normalized spacial score (nSPS) is 10.3. The van der Waals surface area contributed by atoms with Crippen LogP contribution in [0.1, 0.15) is 16.2 Å². The molecule has 0 spiro atoms. The Bertz CT molecular complexity index is 542. The van der Waals surface area contributed by atoms with Gasteiger partial charge < -0.3 is 14.9 Å². The molecule has 0 aliphatic carbocycles. The predicted molar refractivity (Wildman–Crippen MR) is 58.4 cm³/mol. The van der Waals surface area contributed by atoms with Gasteiger partial charge in [-0.25, -0.2) is 4.39 Å². The molecule has 2 rings (SSSR count). The molecule has 0 radical (unpaired) electrons. The van der Waals surface area contributed by atoms with E-state index in [1.54, 1.807) is 0 Å². The first-order valence-electron chi connectivity index (χ1n) is 5.19. The molecule has 94 valence electrons. The molecule has 2 N–H and O–H groups in total. The molecule has 1 amide bonds. The van der Waals surface area contributed by atoms with Crippen LogP contribution in [-0.4, -0.2) is 27.7 Å². The molecule has 2 aromatic rings. The van der Waals surface area contributed by atoms with Gasteiger partial charge in [0.15, 0.2) is 5.82 Å². The smallest absolute Gasteiger partial charge is 0.255 e. The second-order valence-corrected chi connectivity index (χ2v) is 3.51. The number of nitrogens with zero attached hydrogens (tertiary/aromatic N) is 2. The molecule has 0 aliphatic heterocycles. The van der Waals surface area contributed by atoms with Gasteiger partial charge >= 0.3 is 0 Å². The number of aromatic nitrogens is 2. The van der Waals surface area contributed by atoms with Gasteiger partial charge in [-0.05, 0) is 18.2 Å². The first-order chi connectivity index (χ1) is 8.66. The monoisotopic (exact) mass is 251 g/mol. The zero-order valence-electron chi connectivity index (χ0n) is 9.26. The van der Waals surface area contributed by atoms with Crippen molar-refractivity contribution in [1.82, 2.24) is 15.5 Å². The van der Waals surface area contributed by atoms with Crippen molar-refractivity contribution in [3.05, 3.63) is 41.8 Å². The zero-order chi connectivity index (χ0) is 13.0. The molecule has 1 heterocycles. The Morgan fingerprint density at radius 3 is 3.06 bits per heavy atom. The Morgan fingerprint density at radius 2 is 2.33 bits per heavy atom. The average molecular weight is 251 g/mol.